The van der Waals surface area contributed by atoms with Crippen LogP contribution in [0.2, 0.25) is 10.0 Å². The first kappa shape index (κ1) is 15.6. The maximum absolute atomic E-state index is 10.7. The van der Waals surface area contributed by atoms with E-state index in [1.54, 1.807) is 18.2 Å². The van der Waals surface area contributed by atoms with Gasteiger partial charge in [0.2, 0.25) is 0 Å². The van der Waals surface area contributed by atoms with Crippen molar-refractivity contribution in [3.63, 3.8) is 0 Å². The normalized spacial score (nSPS) is 10.6. The van der Waals surface area contributed by atoms with Gasteiger partial charge in [-0.05, 0) is 23.8 Å². The first-order valence-corrected chi connectivity index (χ1v) is 6.84. The third-order valence-corrected chi connectivity index (χ3v) is 3.51. The van der Waals surface area contributed by atoms with Gasteiger partial charge >= 0.3 is 0 Å². The van der Waals surface area contributed by atoms with Crippen LogP contribution < -0.4 is 5.32 Å². The Balaban J connectivity index is 2.03. The summed E-state index contributed by atoms with van der Waals surface area (Å²) in [6.45, 7) is 0.741. The highest BCUT2D eigenvalue weighted by Crippen LogP contribution is 2.24. The standard InChI is InChI=1S/C14H12Cl2N2O3/c15-11-2-1-9(13(16)6-11)7-17-8-10-5-12(18(20)21)3-4-14(10)19/h1-6,17,19H,7-8H2. The number of hydrogen-bond donors (Lipinski definition) is 2. The molecule has 2 aromatic rings. The summed E-state index contributed by atoms with van der Waals surface area (Å²) < 4.78 is 0. The zero-order valence-electron chi connectivity index (χ0n) is 10.8. The molecule has 0 amide bonds. The fraction of sp³-hybridized carbons (Fsp3) is 0.143. The van der Waals surface area contributed by atoms with E-state index in [1.807, 2.05) is 0 Å². The van der Waals surface area contributed by atoms with Crippen molar-refractivity contribution < 1.29 is 10.0 Å². The number of rotatable bonds is 5. The van der Waals surface area contributed by atoms with Crippen LogP contribution >= 0.6 is 23.2 Å². The number of nitrogens with one attached hydrogen (secondary N) is 1. The second kappa shape index (κ2) is 6.76. The Bertz CT molecular complexity index is 677. The molecule has 0 spiro atoms. The van der Waals surface area contributed by atoms with Crippen LogP contribution in [0, 0.1) is 10.1 Å². The van der Waals surface area contributed by atoms with E-state index in [-0.39, 0.29) is 18.0 Å². The van der Waals surface area contributed by atoms with E-state index in [0.717, 1.165) is 5.56 Å². The minimum Gasteiger partial charge on any atom is -0.508 e. The van der Waals surface area contributed by atoms with E-state index in [1.165, 1.54) is 18.2 Å². The molecule has 7 heteroatoms. The number of nitro groups is 1. The number of nitrogens with zero attached hydrogens (tertiary/aromatic N) is 1. The zero-order chi connectivity index (χ0) is 15.4. The first-order valence-electron chi connectivity index (χ1n) is 6.08. The lowest BCUT2D eigenvalue weighted by Crippen LogP contribution is -2.13. The van der Waals surface area contributed by atoms with Gasteiger partial charge in [-0.2, -0.15) is 0 Å². The number of aromatic hydroxyl groups is 1. The molecule has 5 nitrogen and oxygen atoms in total. The van der Waals surface area contributed by atoms with Gasteiger partial charge in [-0.15, -0.1) is 0 Å². The van der Waals surface area contributed by atoms with E-state index >= 15 is 0 Å². The molecule has 0 bridgehead atoms. The van der Waals surface area contributed by atoms with Crippen molar-refractivity contribution in [2.75, 3.05) is 0 Å². The van der Waals surface area contributed by atoms with Gasteiger partial charge in [0.25, 0.3) is 5.69 Å². The molecule has 0 radical (unpaired) electrons. The van der Waals surface area contributed by atoms with Gasteiger partial charge in [-0.1, -0.05) is 29.3 Å². The highest BCUT2D eigenvalue weighted by atomic mass is 35.5. The number of non-ortho nitro benzene ring substituents is 1. The largest absolute Gasteiger partial charge is 0.508 e. The summed E-state index contributed by atoms with van der Waals surface area (Å²) in [5.74, 6) is 0.00954. The molecule has 0 saturated carbocycles. The maximum Gasteiger partial charge on any atom is 0.270 e. The lowest BCUT2D eigenvalue weighted by molar-refractivity contribution is -0.384. The zero-order valence-corrected chi connectivity index (χ0v) is 12.4. The summed E-state index contributed by atoms with van der Waals surface area (Å²) >= 11 is 11.9. The molecule has 0 atom stereocenters. The van der Waals surface area contributed by atoms with Crippen molar-refractivity contribution in [1.82, 2.24) is 5.32 Å². The van der Waals surface area contributed by atoms with Crippen LogP contribution in [0.3, 0.4) is 0 Å². The van der Waals surface area contributed by atoms with Crippen LogP contribution in [0.4, 0.5) is 5.69 Å². The van der Waals surface area contributed by atoms with Crippen molar-refractivity contribution in [3.8, 4) is 5.75 Å². The quantitative estimate of drug-likeness (QED) is 0.645. The van der Waals surface area contributed by atoms with E-state index in [0.29, 0.717) is 22.2 Å². The molecule has 2 N–H and O–H groups in total. The Morgan fingerprint density at radius 3 is 2.48 bits per heavy atom. The van der Waals surface area contributed by atoms with E-state index in [4.69, 9.17) is 23.2 Å². The minimum atomic E-state index is -0.501. The minimum absolute atomic E-state index is 0.00954. The molecule has 0 heterocycles. The van der Waals surface area contributed by atoms with Gasteiger partial charge in [0, 0.05) is 40.8 Å². The smallest absolute Gasteiger partial charge is 0.270 e. The van der Waals surface area contributed by atoms with Crippen LogP contribution in [-0.4, -0.2) is 10.0 Å². The average molecular weight is 327 g/mol. The van der Waals surface area contributed by atoms with Gasteiger partial charge in [0.15, 0.2) is 0 Å². The topological polar surface area (TPSA) is 75.4 Å². The van der Waals surface area contributed by atoms with Crippen molar-refractivity contribution in [3.05, 3.63) is 67.7 Å². The van der Waals surface area contributed by atoms with Crippen LogP contribution in [-0.2, 0) is 13.1 Å². The summed E-state index contributed by atoms with van der Waals surface area (Å²) in [7, 11) is 0. The number of nitro benzene ring substituents is 1. The number of benzene rings is 2. The Hall–Kier alpha value is -1.82. The van der Waals surface area contributed by atoms with Crippen molar-refractivity contribution >= 4 is 28.9 Å². The molecule has 110 valence electrons. The van der Waals surface area contributed by atoms with E-state index in [9.17, 15) is 15.2 Å². The number of phenols is 1. The van der Waals surface area contributed by atoms with Gasteiger partial charge in [-0.25, -0.2) is 0 Å². The van der Waals surface area contributed by atoms with E-state index < -0.39 is 4.92 Å². The highest BCUT2D eigenvalue weighted by Gasteiger charge is 2.10. The lowest BCUT2D eigenvalue weighted by atomic mass is 10.1. The fourth-order valence-corrected chi connectivity index (χ4v) is 2.30. The van der Waals surface area contributed by atoms with Crippen molar-refractivity contribution in [1.29, 1.82) is 0 Å². The molecule has 0 aliphatic heterocycles. The number of hydrogen-bond acceptors (Lipinski definition) is 4. The highest BCUT2D eigenvalue weighted by molar-refractivity contribution is 6.35. The maximum atomic E-state index is 10.7. The van der Waals surface area contributed by atoms with Gasteiger partial charge in [0.05, 0.1) is 4.92 Å². The molecule has 0 aliphatic carbocycles. The average Bonchev–Trinajstić information content (AvgIpc) is 2.43. The summed E-state index contributed by atoms with van der Waals surface area (Å²) in [5.41, 5.74) is 1.24. The second-order valence-corrected chi connectivity index (χ2v) is 5.25. The van der Waals surface area contributed by atoms with Crippen LogP contribution in [0.1, 0.15) is 11.1 Å². The summed E-state index contributed by atoms with van der Waals surface area (Å²) in [5, 5.41) is 24.6. The third-order valence-electron chi connectivity index (χ3n) is 2.92. The van der Waals surface area contributed by atoms with Crippen LogP contribution in [0.15, 0.2) is 36.4 Å². The molecule has 0 saturated heterocycles. The van der Waals surface area contributed by atoms with Crippen molar-refractivity contribution in [2.45, 2.75) is 13.1 Å². The predicted octanol–water partition coefficient (Wildman–Crippen LogP) is 3.90. The van der Waals surface area contributed by atoms with Crippen LogP contribution in [0.25, 0.3) is 0 Å². The van der Waals surface area contributed by atoms with Crippen LogP contribution in [0.5, 0.6) is 5.75 Å². The molecular weight excluding hydrogens is 315 g/mol. The summed E-state index contributed by atoms with van der Waals surface area (Å²) in [4.78, 5) is 10.2. The Kier molecular flexibility index (Phi) is 5.01. The summed E-state index contributed by atoms with van der Waals surface area (Å²) in [6.07, 6.45) is 0. The van der Waals surface area contributed by atoms with Gasteiger partial charge in [0.1, 0.15) is 5.75 Å². The molecule has 2 rings (SSSR count). The number of phenolic OH excluding ortho intramolecular Hbond substituents is 1. The van der Waals surface area contributed by atoms with E-state index in [2.05, 4.69) is 5.32 Å². The van der Waals surface area contributed by atoms with Gasteiger partial charge < -0.3 is 10.4 Å². The molecule has 0 aromatic heterocycles. The molecule has 21 heavy (non-hydrogen) atoms. The fourth-order valence-electron chi connectivity index (χ4n) is 1.82. The molecule has 2 aromatic carbocycles. The van der Waals surface area contributed by atoms with Gasteiger partial charge in [-0.3, -0.25) is 10.1 Å². The monoisotopic (exact) mass is 326 g/mol. The third kappa shape index (κ3) is 4.07. The summed E-state index contributed by atoms with van der Waals surface area (Å²) in [6, 6.07) is 9.08. The molecule has 0 unspecified atom stereocenters. The first-order chi connectivity index (χ1) is 9.97. The lowest BCUT2D eigenvalue weighted by Gasteiger charge is -2.08. The predicted molar refractivity (Wildman–Crippen MR) is 81.8 cm³/mol. The van der Waals surface area contributed by atoms with Crippen molar-refractivity contribution in [2.24, 2.45) is 0 Å². The second-order valence-electron chi connectivity index (χ2n) is 4.41. The molecule has 0 aliphatic rings. The molecule has 0 fully saturated rings. The molecular formula is C14H12Cl2N2O3. The SMILES string of the molecule is O=[N+]([O-])c1ccc(O)c(CNCc2ccc(Cl)cc2Cl)c1. The number of halogens is 2. The Labute approximate surface area is 131 Å². The Morgan fingerprint density at radius 1 is 1.10 bits per heavy atom. The Morgan fingerprint density at radius 2 is 1.81 bits per heavy atom.